The van der Waals surface area contributed by atoms with E-state index < -0.39 is 5.63 Å². The molecular weight excluding hydrogens is 464 g/mol. The first-order valence-electron chi connectivity index (χ1n) is 9.10. The van der Waals surface area contributed by atoms with E-state index in [0.29, 0.717) is 49.8 Å². The lowest BCUT2D eigenvalue weighted by Gasteiger charge is -2.22. The fraction of sp³-hybridized carbons (Fsp3) is 0.130. The summed E-state index contributed by atoms with van der Waals surface area (Å²) in [4.78, 5) is 12.7. The average Bonchev–Trinajstić information content (AvgIpc) is 2.70. The van der Waals surface area contributed by atoms with Crippen molar-refractivity contribution in [3.63, 3.8) is 0 Å². The van der Waals surface area contributed by atoms with Crippen molar-refractivity contribution in [3.05, 3.63) is 89.4 Å². The van der Waals surface area contributed by atoms with Crippen LogP contribution < -0.4 is 5.63 Å². The van der Waals surface area contributed by atoms with Crippen LogP contribution in [0.4, 0.5) is 0 Å². The quantitative estimate of drug-likeness (QED) is 0.381. The molecule has 7 heteroatoms. The first-order chi connectivity index (χ1) is 14.4. The van der Waals surface area contributed by atoms with Crippen LogP contribution in [-0.4, -0.2) is 0 Å². The van der Waals surface area contributed by atoms with E-state index in [9.17, 15) is 10.1 Å². The van der Waals surface area contributed by atoms with Crippen LogP contribution in [0.25, 0.3) is 22.8 Å². The van der Waals surface area contributed by atoms with E-state index in [1.165, 1.54) is 0 Å². The number of nitriles is 1. The molecular formula is C23H13Cl4NO2. The second kappa shape index (κ2) is 8.49. The van der Waals surface area contributed by atoms with Gasteiger partial charge in [0, 0.05) is 36.8 Å². The van der Waals surface area contributed by atoms with Gasteiger partial charge in [-0.3, -0.25) is 0 Å². The highest BCUT2D eigenvalue weighted by molar-refractivity contribution is 6.36. The number of nitrogens with zero attached hydrogens (tertiary/aromatic N) is 1. The van der Waals surface area contributed by atoms with E-state index >= 15 is 0 Å². The van der Waals surface area contributed by atoms with E-state index in [1.54, 1.807) is 30.3 Å². The number of halogens is 4. The topological polar surface area (TPSA) is 54.0 Å². The Morgan fingerprint density at radius 3 is 2.33 bits per heavy atom. The fourth-order valence-corrected chi connectivity index (χ4v) is 4.64. The van der Waals surface area contributed by atoms with E-state index in [4.69, 9.17) is 50.8 Å². The van der Waals surface area contributed by atoms with Crippen molar-refractivity contribution in [2.24, 2.45) is 0 Å². The van der Waals surface area contributed by atoms with Gasteiger partial charge in [-0.25, -0.2) is 4.79 Å². The van der Waals surface area contributed by atoms with Crippen LogP contribution in [0.5, 0.6) is 0 Å². The number of hydrogen-bond acceptors (Lipinski definition) is 3. The number of rotatable bonds is 2. The van der Waals surface area contributed by atoms with Gasteiger partial charge >= 0.3 is 5.63 Å². The lowest BCUT2D eigenvalue weighted by atomic mass is 9.85. The molecule has 1 aromatic heterocycles. The number of fused-ring (bicyclic) bond motifs is 1. The fourth-order valence-electron chi connectivity index (χ4n) is 3.67. The zero-order valence-corrected chi connectivity index (χ0v) is 18.5. The van der Waals surface area contributed by atoms with Crippen LogP contribution in [-0.2, 0) is 6.42 Å². The Hall–Kier alpha value is -2.22. The average molecular weight is 477 g/mol. The lowest BCUT2D eigenvalue weighted by molar-refractivity contribution is 0.479. The first-order valence-corrected chi connectivity index (χ1v) is 10.6. The second-order valence-corrected chi connectivity index (χ2v) is 8.56. The molecule has 4 rings (SSSR count). The molecule has 1 aliphatic carbocycles. The molecule has 3 aromatic rings. The Labute approximate surface area is 193 Å². The molecule has 1 aliphatic rings. The zero-order valence-electron chi connectivity index (χ0n) is 15.4. The lowest BCUT2D eigenvalue weighted by Crippen LogP contribution is -2.15. The Balaban J connectivity index is 1.98. The third-order valence-electron chi connectivity index (χ3n) is 4.99. The Kier molecular flexibility index (Phi) is 5.95. The Morgan fingerprint density at radius 1 is 0.967 bits per heavy atom. The van der Waals surface area contributed by atoms with Crippen LogP contribution in [0.1, 0.15) is 35.3 Å². The van der Waals surface area contributed by atoms with Crippen LogP contribution >= 0.6 is 46.4 Å². The van der Waals surface area contributed by atoms with Gasteiger partial charge in [-0.15, -0.1) is 0 Å². The van der Waals surface area contributed by atoms with Gasteiger partial charge in [0.25, 0.3) is 0 Å². The minimum atomic E-state index is -0.702. The molecule has 2 aromatic carbocycles. The molecule has 0 aliphatic heterocycles. The van der Waals surface area contributed by atoms with Gasteiger partial charge in [-0.2, -0.15) is 5.26 Å². The highest BCUT2D eigenvalue weighted by Gasteiger charge is 2.27. The molecule has 0 atom stereocenters. The van der Waals surface area contributed by atoms with Crippen molar-refractivity contribution < 1.29 is 4.42 Å². The highest BCUT2D eigenvalue weighted by atomic mass is 35.5. The van der Waals surface area contributed by atoms with Crippen LogP contribution in [0, 0.1) is 11.3 Å². The van der Waals surface area contributed by atoms with Crippen LogP contribution in [0.15, 0.2) is 45.6 Å². The summed E-state index contributed by atoms with van der Waals surface area (Å²) in [7, 11) is 0. The van der Waals surface area contributed by atoms with Crippen molar-refractivity contribution in [3.8, 4) is 17.2 Å². The standard InChI is InChI=1S/C23H13Cl4NO2/c24-14-5-4-12(19(26)9-14)8-13-2-1-3-17-21(16-7-6-15(25)10-20(16)27)18(11-28)23(29)30-22(13)17/h4-10H,1-3H2/b13-8+. The summed E-state index contributed by atoms with van der Waals surface area (Å²) in [5, 5.41) is 11.5. The second-order valence-electron chi connectivity index (χ2n) is 6.87. The summed E-state index contributed by atoms with van der Waals surface area (Å²) in [6, 6.07) is 12.2. The first kappa shape index (κ1) is 21.0. The number of allylic oxidation sites excluding steroid dienone is 1. The van der Waals surface area contributed by atoms with E-state index in [-0.39, 0.29) is 5.56 Å². The third kappa shape index (κ3) is 3.89. The molecule has 30 heavy (non-hydrogen) atoms. The molecule has 150 valence electrons. The predicted octanol–water partition coefficient (Wildman–Crippen LogP) is 7.67. The minimum Gasteiger partial charge on any atom is -0.422 e. The number of benzene rings is 2. The highest BCUT2D eigenvalue weighted by Crippen LogP contribution is 2.41. The predicted molar refractivity (Wildman–Crippen MR) is 122 cm³/mol. The van der Waals surface area contributed by atoms with Crippen molar-refractivity contribution in [1.82, 2.24) is 0 Å². The van der Waals surface area contributed by atoms with Gasteiger partial charge in [0.1, 0.15) is 17.4 Å². The largest absolute Gasteiger partial charge is 0.422 e. The van der Waals surface area contributed by atoms with Gasteiger partial charge in [0.2, 0.25) is 0 Å². The molecule has 0 radical (unpaired) electrons. The molecule has 0 amide bonds. The maximum atomic E-state index is 12.7. The maximum Gasteiger partial charge on any atom is 0.354 e. The van der Waals surface area contributed by atoms with Crippen molar-refractivity contribution in [1.29, 1.82) is 5.26 Å². The van der Waals surface area contributed by atoms with Gasteiger partial charge < -0.3 is 4.42 Å². The maximum absolute atomic E-state index is 12.7. The molecule has 0 saturated carbocycles. The van der Waals surface area contributed by atoms with Crippen molar-refractivity contribution in [2.75, 3.05) is 0 Å². The Morgan fingerprint density at radius 2 is 1.67 bits per heavy atom. The molecule has 0 fully saturated rings. The van der Waals surface area contributed by atoms with Crippen molar-refractivity contribution in [2.45, 2.75) is 19.3 Å². The normalized spacial score (nSPS) is 14.4. The zero-order chi connectivity index (χ0) is 21.4. The molecule has 0 unspecified atom stereocenters. The molecule has 0 spiro atoms. The molecule has 3 nitrogen and oxygen atoms in total. The summed E-state index contributed by atoms with van der Waals surface area (Å²) in [6.45, 7) is 0. The minimum absolute atomic E-state index is 0.0660. The summed E-state index contributed by atoms with van der Waals surface area (Å²) in [5.41, 5.74) is 2.68. The molecule has 0 bridgehead atoms. The molecule has 0 N–H and O–H groups in total. The van der Waals surface area contributed by atoms with Crippen molar-refractivity contribution >= 4 is 58.1 Å². The monoisotopic (exact) mass is 475 g/mol. The summed E-state index contributed by atoms with van der Waals surface area (Å²) < 4.78 is 5.61. The van der Waals surface area contributed by atoms with E-state index in [1.807, 2.05) is 18.2 Å². The summed E-state index contributed by atoms with van der Waals surface area (Å²) >= 11 is 24.8. The Bertz CT molecular complexity index is 1300. The summed E-state index contributed by atoms with van der Waals surface area (Å²) in [6.07, 6.45) is 4.06. The SMILES string of the molecule is N#Cc1c(-c2ccc(Cl)cc2Cl)c2c(oc1=O)/C(=C/c1ccc(Cl)cc1Cl)CCC2. The van der Waals surface area contributed by atoms with Gasteiger partial charge in [0.05, 0.1) is 0 Å². The summed E-state index contributed by atoms with van der Waals surface area (Å²) in [5.74, 6) is 0.456. The molecule has 0 saturated heterocycles. The van der Waals surface area contributed by atoms with E-state index in [2.05, 4.69) is 0 Å². The van der Waals surface area contributed by atoms with Crippen LogP contribution in [0.2, 0.25) is 20.1 Å². The van der Waals surface area contributed by atoms with Crippen LogP contribution in [0.3, 0.4) is 0 Å². The third-order valence-corrected chi connectivity index (χ3v) is 6.10. The van der Waals surface area contributed by atoms with Gasteiger partial charge in [0.15, 0.2) is 0 Å². The van der Waals surface area contributed by atoms with Gasteiger partial charge in [-0.1, -0.05) is 58.5 Å². The smallest absolute Gasteiger partial charge is 0.354 e. The molecule has 1 heterocycles. The van der Waals surface area contributed by atoms with Gasteiger partial charge in [-0.05, 0) is 60.7 Å². The van der Waals surface area contributed by atoms with E-state index in [0.717, 1.165) is 23.1 Å². The number of hydrogen-bond donors (Lipinski definition) is 0.